The first-order valence-corrected chi connectivity index (χ1v) is 21.9. The largest absolute Gasteiger partial charge is 0.459 e. The van der Waals surface area contributed by atoms with Crippen molar-refractivity contribution in [3.05, 3.63) is 36.0 Å². The monoisotopic (exact) mass is 863 g/mol. The number of unbranched alkanes of at least 4 members (excludes halogenated alkanes) is 2. The second kappa shape index (κ2) is 22.0. The molecule has 1 aromatic heterocycles. The van der Waals surface area contributed by atoms with E-state index in [0.717, 1.165) is 24.0 Å². The number of hydroxylamine groups is 1. The molecular weight excluding hydrogens is 789 g/mol. The van der Waals surface area contributed by atoms with Crippen molar-refractivity contribution >= 4 is 11.9 Å². The van der Waals surface area contributed by atoms with E-state index in [1.807, 2.05) is 68.2 Å². The molecule has 14 atom stereocenters. The number of hydrogen-bond donors (Lipinski definition) is 7. The van der Waals surface area contributed by atoms with Gasteiger partial charge in [-0.15, -0.1) is 5.10 Å². The lowest BCUT2D eigenvalue weighted by molar-refractivity contribution is -0.300. The zero-order valence-corrected chi connectivity index (χ0v) is 37.8. The minimum atomic E-state index is -1.79. The van der Waals surface area contributed by atoms with Crippen molar-refractivity contribution in [2.45, 2.75) is 180 Å². The van der Waals surface area contributed by atoms with Gasteiger partial charge in [0.15, 0.2) is 6.29 Å². The van der Waals surface area contributed by atoms with Crippen LogP contribution in [-0.4, -0.2) is 154 Å². The Kier molecular flexibility index (Phi) is 18.2. The molecule has 346 valence electrons. The summed E-state index contributed by atoms with van der Waals surface area (Å²) in [7, 11) is 3.75. The first-order chi connectivity index (χ1) is 28.6. The number of likely N-dealkylation sites (N-methyl/N-ethyl adjacent to an activating group) is 2. The number of amides is 1. The van der Waals surface area contributed by atoms with Crippen molar-refractivity contribution < 1.29 is 54.5 Å². The standard InChI is InChI=1S/C44H74N6O11/c1-11-35-44(8,57)39(54)30(6)48(9)23-26(2)22-43(7,56)40(28(4)37(52)29(5)41(55)60-35)61-42-38(53)34(20-27(3)59-42)49(10)24-31-16-15-17-32(21-31)33-25-50(47-45-33)19-14-12-13-18-36(51)46-58/h15-17,21,25-30,34-35,37-40,42,52-54,56-58H,11-14,18-20,22-24H2,1-10H3,(H,46,51)/t26-,27-,28+,29-,30-,34+,35-,37+,38+,39-,40-,42+,43-,44-/m1/s1. The minimum absolute atomic E-state index is 0.161. The van der Waals surface area contributed by atoms with Gasteiger partial charge in [0.25, 0.3) is 0 Å². The molecule has 0 aliphatic carbocycles. The molecule has 7 N–H and O–H groups in total. The van der Waals surface area contributed by atoms with E-state index in [1.54, 1.807) is 37.9 Å². The zero-order chi connectivity index (χ0) is 45.4. The maximum absolute atomic E-state index is 13.6. The van der Waals surface area contributed by atoms with E-state index in [0.29, 0.717) is 38.2 Å². The molecule has 3 heterocycles. The molecule has 1 aromatic carbocycles. The lowest BCUT2D eigenvalue weighted by atomic mass is 9.78. The summed E-state index contributed by atoms with van der Waals surface area (Å²) in [5.41, 5.74) is 0.853. The molecule has 2 fully saturated rings. The molecule has 2 saturated heterocycles. The highest BCUT2D eigenvalue weighted by molar-refractivity contribution is 5.74. The molecule has 0 saturated carbocycles. The Labute approximate surface area is 361 Å². The van der Waals surface area contributed by atoms with E-state index in [1.165, 1.54) is 13.8 Å². The number of nitrogens with zero attached hydrogens (tertiary/aromatic N) is 5. The van der Waals surface area contributed by atoms with Crippen LogP contribution in [0.5, 0.6) is 0 Å². The molecule has 2 aliphatic heterocycles. The average molecular weight is 863 g/mol. The number of cyclic esters (lactones) is 1. The highest BCUT2D eigenvalue weighted by Gasteiger charge is 2.50. The number of aromatic nitrogens is 3. The maximum atomic E-state index is 13.6. The number of ether oxygens (including phenoxy) is 3. The second-order valence-electron chi connectivity index (χ2n) is 18.5. The Morgan fingerprint density at radius 2 is 1.77 bits per heavy atom. The Balaban J connectivity index is 1.52. The van der Waals surface area contributed by atoms with Crippen LogP contribution in [0.2, 0.25) is 0 Å². The van der Waals surface area contributed by atoms with Gasteiger partial charge < -0.3 is 44.6 Å². The summed E-state index contributed by atoms with van der Waals surface area (Å²) in [6, 6.07) is 6.99. The molecule has 0 spiro atoms. The van der Waals surface area contributed by atoms with Crippen LogP contribution in [0.15, 0.2) is 30.5 Å². The summed E-state index contributed by atoms with van der Waals surface area (Å²) in [5, 5.41) is 76.2. The average Bonchev–Trinajstić information content (AvgIpc) is 3.69. The molecule has 4 rings (SSSR count). The topological polar surface area (TPSA) is 232 Å². The molecule has 17 nitrogen and oxygen atoms in total. The third kappa shape index (κ3) is 13.0. The number of benzene rings is 1. The van der Waals surface area contributed by atoms with Crippen molar-refractivity contribution in [1.82, 2.24) is 30.3 Å². The molecule has 61 heavy (non-hydrogen) atoms. The van der Waals surface area contributed by atoms with Crippen LogP contribution in [0.4, 0.5) is 0 Å². The fourth-order valence-electron chi connectivity index (χ4n) is 9.23. The number of rotatable bonds is 13. The van der Waals surface area contributed by atoms with Gasteiger partial charge in [-0.2, -0.15) is 0 Å². The van der Waals surface area contributed by atoms with Crippen molar-refractivity contribution in [3.63, 3.8) is 0 Å². The Morgan fingerprint density at radius 1 is 1.07 bits per heavy atom. The van der Waals surface area contributed by atoms with Gasteiger partial charge >= 0.3 is 5.97 Å². The molecule has 0 bridgehead atoms. The van der Waals surface area contributed by atoms with E-state index >= 15 is 0 Å². The quantitative estimate of drug-likeness (QED) is 0.0665. The van der Waals surface area contributed by atoms with Gasteiger partial charge in [0, 0.05) is 49.6 Å². The van der Waals surface area contributed by atoms with Crippen molar-refractivity contribution in [2.24, 2.45) is 17.8 Å². The normalized spacial score (nSPS) is 36.2. The smallest absolute Gasteiger partial charge is 0.311 e. The van der Waals surface area contributed by atoms with Crippen LogP contribution in [0.25, 0.3) is 11.3 Å². The molecule has 17 heteroatoms. The first kappa shape index (κ1) is 50.5. The lowest BCUT2D eigenvalue weighted by Crippen LogP contribution is -2.59. The van der Waals surface area contributed by atoms with Gasteiger partial charge in [-0.1, -0.05) is 50.6 Å². The van der Waals surface area contributed by atoms with Gasteiger partial charge in [-0.05, 0) is 98.4 Å². The Morgan fingerprint density at radius 3 is 2.44 bits per heavy atom. The number of hydrogen-bond acceptors (Lipinski definition) is 15. The highest BCUT2D eigenvalue weighted by Crippen LogP contribution is 2.37. The Hall–Kier alpha value is -3.10. The first-order valence-electron chi connectivity index (χ1n) is 21.9. The number of carbonyl (C=O) groups is 2. The third-order valence-electron chi connectivity index (χ3n) is 13.0. The van der Waals surface area contributed by atoms with Crippen LogP contribution in [0.1, 0.15) is 106 Å². The Bertz CT molecular complexity index is 1690. The van der Waals surface area contributed by atoms with Crippen molar-refractivity contribution in [1.29, 1.82) is 0 Å². The van der Waals surface area contributed by atoms with E-state index < -0.39 is 83.8 Å². The van der Waals surface area contributed by atoms with Crippen molar-refractivity contribution in [3.8, 4) is 11.3 Å². The number of aliphatic hydroxyl groups excluding tert-OH is 3. The SMILES string of the molecule is CC[C@H]1OC(=O)[C@H](C)[C@@H](O)[C@H](C)[C@@H](O[C@@H]2O[C@H](C)C[C@H](N(C)Cc3cccc(-c4cn(CCCCCC(=O)NO)nn4)c3)[C@@H]2O)[C@](C)(O)C[C@@H](C)CN(C)[C@H](C)[C@@H](O)[C@]1(C)O. The van der Waals surface area contributed by atoms with Crippen molar-refractivity contribution in [2.75, 3.05) is 20.6 Å². The molecule has 1 amide bonds. The van der Waals surface area contributed by atoms with Gasteiger partial charge in [-0.25, -0.2) is 5.48 Å². The van der Waals surface area contributed by atoms with Gasteiger partial charge in [0.1, 0.15) is 29.6 Å². The number of esters is 1. The molecule has 0 radical (unpaired) electrons. The van der Waals surface area contributed by atoms with Crippen LogP contribution in [0, 0.1) is 17.8 Å². The maximum Gasteiger partial charge on any atom is 0.311 e. The zero-order valence-electron chi connectivity index (χ0n) is 37.8. The fraction of sp³-hybridized carbons (Fsp3) is 0.773. The lowest BCUT2D eigenvalue weighted by Gasteiger charge is -2.47. The molecule has 2 aliphatic rings. The molecule has 2 aromatic rings. The van der Waals surface area contributed by atoms with E-state index in [4.69, 9.17) is 19.4 Å². The van der Waals surface area contributed by atoms with E-state index in [9.17, 15) is 35.1 Å². The summed E-state index contributed by atoms with van der Waals surface area (Å²) >= 11 is 0. The van der Waals surface area contributed by atoms with Gasteiger partial charge in [0.2, 0.25) is 5.91 Å². The van der Waals surface area contributed by atoms with E-state index in [2.05, 4.69) is 10.3 Å². The minimum Gasteiger partial charge on any atom is -0.459 e. The number of carbonyl (C=O) groups excluding carboxylic acids is 2. The third-order valence-corrected chi connectivity index (χ3v) is 13.0. The summed E-state index contributed by atoms with van der Waals surface area (Å²) < 4.78 is 20.5. The van der Waals surface area contributed by atoms with Gasteiger partial charge in [-0.3, -0.25) is 24.4 Å². The number of aliphatic hydroxyl groups is 5. The highest BCUT2D eigenvalue weighted by atomic mass is 16.7. The van der Waals surface area contributed by atoms with Crippen LogP contribution in [0.3, 0.4) is 0 Å². The predicted octanol–water partition coefficient (Wildman–Crippen LogP) is 2.87. The number of aryl methyl sites for hydroxylation is 1. The van der Waals surface area contributed by atoms with Crippen LogP contribution in [-0.2, 0) is 36.9 Å². The summed E-state index contributed by atoms with van der Waals surface area (Å²) in [6.07, 6.45) is -2.16. The van der Waals surface area contributed by atoms with Crippen LogP contribution < -0.4 is 5.48 Å². The summed E-state index contributed by atoms with van der Waals surface area (Å²) in [4.78, 5) is 28.8. The fourth-order valence-corrected chi connectivity index (χ4v) is 9.23. The van der Waals surface area contributed by atoms with Gasteiger partial charge in [0.05, 0.1) is 36.0 Å². The second-order valence-corrected chi connectivity index (χ2v) is 18.5. The summed E-state index contributed by atoms with van der Waals surface area (Å²) in [6.45, 7) is 15.2. The number of nitrogens with one attached hydrogen (secondary N) is 1. The molecular formula is C44H74N6O11. The van der Waals surface area contributed by atoms with Crippen LogP contribution >= 0.6 is 0 Å². The van der Waals surface area contributed by atoms with E-state index in [-0.39, 0.29) is 31.3 Å². The predicted molar refractivity (Wildman–Crippen MR) is 227 cm³/mol. The molecule has 0 unspecified atom stereocenters. The summed E-state index contributed by atoms with van der Waals surface area (Å²) in [5.74, 6) is -3.28.